The number of aryl methyl sites for hydroxylation is 3. The summed E-state index contributed by atoms with van der Waals surface area (Å²) < 4.78 is 58.2. The predicted molar refractivity (Wildman–Crippen MR) is 145 cm³/mol. The first-order valence-corrected chi connectivity index (χ1v) is 15.3. The Kier molecular flexibility index (Phi) is 6.87. The van der Waals surface area contributed by atoms with E-state index in [2.05, 4.69) is 0 Å². The maximum absolute atomic E-state index is 14.0. The molecule has 0 aliphatic carbocycles. The van der Waals surface area contributed by atoms with Crippen molar-refractivity contribution in [3.63, 3.8) is 0 Å². The third-order valence-corrected chi connectivity index (χ3v) is 11.2. The first-order chi connectivity index (χ1) is 17.6. The summed E-state index contributed by atoms with van der Waals surface area (Å²) in [5.74, 6) is -0.341. The molecule has 5 rings (SSSR count). The van der Waals surface area contributed by atoms with Crippen molar-refractivity contribution in [1.82, 2.24) is 8.61 Å². The Balaban J connectivity index is 1.57. The van der Waals surface area contributed by atoms with Crippen molar-refractivity contribution in [3.8, 4) is 0 Å². The summed E-state index contributed by atoms with van der Waals surface area (Å²) >= 11 is 0. The highest BCUT2D eigenvalue weighted by Crippen LogP contribution is 2.44. The summed E-state index contributed by atoms with van der Waals surface area (Å²) in [4.78, 5) is 0.499. The molecule has 0 amide bonds. The van der Waals surface area contributed by atoms with E-state index >= 15 is 0 Å². The SMILES string of the molecule is Cc1ccc(C2C3CN(S(=O)(=O)c4ccc(C)cc4)CC3C=CCN2S(=O)(=O)c2ccc(C)cc2)cc1. The van der Waals surface area contributed by atoms with Crippen LogP contribution in [0, 0.1) is 32.6 Å². The van der Waals surface area contributed by atoms with E-state index in [1.807, 2.05) is 57.2 Å². The average Bonchev–Trinajstić information content (AvgIpc) is 3.21. The van der Waals surface area contributed by atoms with Gasteiger partial charge < -0.3 is 0 Å². The van der Waals surface area contributed by atoms with Crippen LogP contribution in [0.4, 0.5) is 0 Å². The van der Waals surface area contributed by atoms with Gasteiger partial charge in [0.2, 0.25) is 20.0 Å². The first-order valence-electron chi connectivity index (χ1n) is 12.5. The number of hydrogen-bond acceptors (Lipinski definition) is 4. The number of nitrogens with zero attached hydrogens (tertiary/aromatic N) is 2. The lowest BCUT2D eigenvalue weighted by atomic mass is 9.85. The maximum Gasteiger partial charge on any atom is 0.243 e. The second-order valence-electron chi connectivity index (χ2n) is 10.1. The molecule has 1 fully saturated rings. The molecule has 0 aromatic heterocycles. The van der Waals surface area contributed by atoms with Crippen LogP contribution in [0.25, 0.3) is 0 Å². The van der Waals surface area contributed by atoms with Crippen LogP contribution in [0.2, 0.25) is 0 Å². The highest BCUT2D eigenvalue weighted by molar-refractivity contribution is 7.89. The molecule has 0 saturated carbocycles. The van der Waals surface area contributed by atoms with Gasteiger partial charge in [-0.05, 0) is 56.5 Å². The Hall–Kier alpha value is -2.78. The van der Waals surface area contributed by atoms with Crippen molar-refractivity contribution >= 4 is 20.0 Å². The fourth-order valence-corrected chi connectivity index (χ4v) is 8.47. The molecule has 1 saturated heterocycles. The molecular formula is C29H32N2O4S2. The average molecular weight is 537 g/mol. The fraction of sp³-hybridized carbons (Fsp3) is 0.310. The van der Waals surface area contributed by atoms with Gasteiger partial charge in [0.15, 0.2) is 0 Å². The highest BCUT2D eigenvalue weighted by atomic mass is 32.2. The molecule has 2 heterocycles. The topological polar surface area (TPSA) is 74.8 Å². The van der Waals surface area contributed by atoms with Gasteiger partial charge in [0.05, 0.1) is 15.8 Å². The van der Waals surface area contributed by atoms with Gasteiger partial charge in [0.25, 0.3) is 0 Å². The van der Waals surface area contributed by atoms with Gasteiger partial charge >= 0.3 is 0 Å². The molecule has 37 heavy (non-hydrogen) atoms. The van der Waals surface area contributed by atoms with Crippen molar-refractivity contribution in [2.45, 2.75) is 36.6 Å². The molecule has 0 bridgehead atoms. The van der Waals surface area contributed by atoms with E-state index in [9.17, 15) is 16.8 Å². The zero-order chi connectivity index (χ0) is 26.4. The Morgan fingerprint density at radius 2 is 1.14 bits per heavy atom. The van der Waals surface area contributed by atoms with E-state index < -0.39 is 26.1 Å². The predicted octanol–water partition coefficient (Wildman–Crippen LogP) is 4.85. The molecule has 6 nitrogen and oxygen atoms in total. The smallest absolute Gasteiger partial charge is 0.207 e. The van der Waals surface area contributed by atoms with E-state index in [-0.39, 0.29) is 34.7 Å². The zero-order valence-electron chi connectivity index (χ0n) is 21.3. The zero-order valence-corrected chi connectivity index (χ0v) is 22.9. The van der Waals surface area contributed by atoms with E-state index in [0.717, 1.165) is 22.3 Å². The summed E-state index contributed by atoms with van der Waals surface area (Å²) in [7, 11) is -7.56. The molecule has 3 aromatic carbocycles. The summed E-state index contributed by atoms with van der Waals surface area (Å²) in [6.07, 6.45) is 3.88. The molecule has 3 unspecified atom stereocenters. The number of hydrogen-bond donors (Lipinski definition) is 0. The Bertz CT molecular complexity index is 1510. The summed E-state index contributed by atoms with van der Waals surface area (Å²) in [5.41, 5.74) is 3.92. The molecule has 2 aliphatic rings. The molecule has 194 valence electrons. The molecule has 0 N–H and O–H groups in total. The number of sulfonamides is 2. The Morgan fingerprint density at radius 3 is 1.68 bits per heavy atom. The lowest BCUT2D eigenvalue weighted by molar-refractivity contribution is 0.247. The quantitative estimate of drug-likeness (QED) is 0.437. The molecule has 3 atom stereocenters. The Labute approximate surface area is 220 Å². The van der Waals surface area contributed by atoms with Gasteiger partial charge in [-0.25, -0.2) is 16.8 Å². The lowest BCUT2D eigenvalue weighted by Gasteiger charge is -2.35. The molecular weight excluding hydrogens is 504 g/mol. The molecule has 2 aliphatic heterocycles. The molecule has 0 spiro atoms. The highest BCUT2D eigenvalue weighted by Gasteiger charge is 2.47. The van der Waals surface area contributed by atoms with Crippen molar-refractivity contribution in [1.29, 1.82) is 0 Å². The number of benzene rings is 3. The Morgan fingerprint density at radius 1 is 0.649 bits per heavy atom. The molecule has 0 radical (unpaired) electrons. The van der Waals surface area contributed by atoms with Crippen LogP contribution in [0.5, 0.6) is 0 Å². The maximum atomic E-state index is 14.0. The number of fused-ring (bicyclic) bond motifs is 1. The van der Waals surface area contributed by atoms with Crippen LogP contribution in [-0.4, -0.2) is 45.1 Å². The summed E-state index contributed by atoms with van der Waals surface area (Å²) in [6, 6.07) is 21.2. The minimum absolute atomic E-state index is 0.107. The van der Waals surface area contributed by atoms with Crippen LogP contribution in [0.15, 0.2) is 94.7 Å². The largest absolute Gasteiger partial charge is 0.243 e. The second-order valence-corrected chi connectivity index (χ2v) is 14.0. The van der Waals surface area contributed by atoms with E-state index in [0.29, 0.717) is 6.54 Å². The van der Waals surface area contributed by atoms with Gasteiger partial charge in [0.1, 0.15) is 0 Å². The summed E-state index contributed by atoms with van der Waals surface area (Å²) in [5, 5.41) is 0. The summed E-state index contributed by atoms with van der Waals surface area (Å²) in [6.45, 7) is 6.62. The molecule has 3 aromatic rings. The van der Waals surface area contributed by atoms with E-state index in [4.69, 9.17) is 0 Å². The van der Waals surface area contributed by atoms with Crippen molar-refractivity contribution < 1.29 is 16.8 Å². The lowest BCUT2D eigenvalue weighted by Crippen LogP contribution is -2.40. The third kappa shape index (κ3) is 4.91. The van der Waals surface area contributed by atoms with Gasteiger partial charge in [-0.1, -0.05) is 77.4 Å². The van der Waals surface area contributed by atoms with Crippen LogP contribution in [0.1, 0.15) is 28.3 Å². The van der Waals surface area contributed by atoms with Crippen LogP contribution in [-0.2, 0) is 20.0 Å². The first kappa shape index (κ1) is 25.9. The normalized spacial score (nSPS) is 23.1. The van der Waals surface area contributed by atoms with Crippen molar-refractivity contribution in [3.05, 3.63) is 107 Å². The van der Waals surface area contributed by atoms with Crippen LogP contribution in [0.3, 0.4) is 0 Å². The standard InChI is InChI=1S/C29H32N2O4S2/c1-21-6-12-24(13-7-21)29-28-20-30(36(32,33)26-14-8-22(2)9-15-26)19-25(28)5-4-18-31(29)37(34,35)27-16-10-23(3)11-17-27/h4-17,25,28-29H,18-20H2,1-3H3. The van der Waals surface area contributed by atoms with Gasteiger partial charge in [-0.2, -0.15) is 8.61 Å². The van der Waals surface area contributed by atoms with Crippen molar-refractivity contribution in [2.24, 2.45) is 11.8 Å². The molecule has 8 heteroatoms. The third-order valence-electron chi connectivity index (χ3n) is 7.47. The van der Waals surface area contributed by atoms with Crippen LogP contribution < -0.4 is 0 Å². The van der Waals surface area contributed by atoms with Gasteiger partial charge in [-0.3, -0.25) is 0 Å². The van der Waals surface area contributed by atoms with E-state index in [1.54, 1.807) is 52.8 Å². The van der Waals surface area contributed by atoms with Crippen molar-refractivity contribution in [2.75, 3.05) is 19.6 Å². The number of rotatable bonds is 5. The van der Waals surface area contributed by atoms with Gasteiger partial charge in [0, 0.05) is 25.6 Å². The minimum atomic E-state index is -3.84. The minimum Gasteiger partial charge on any atom is -0.207 e. The van der Waals surface area contributed by atoms with Crippen LogP contribution >= 0.6 is 0 Å². The fourth-order valence-electron chi connectivity index (χ4n) is 5.35. The second kappa shape index (κ2) is 9.83. The van der Waals surface area contributed by atoms with E-state index in [1.165, 1.54) is 4.31 Å². The van der Waals surface area contributed by atoms with Gasteiger partial charge in [-0.15, -0.1) is 0 Å². The monoisotopic (exact) mass is 536 g/mol.